The number of hydrogen-bond donors (Lipinski definition) is 1. The summed E-state index contributed by atoms with van der Waals surface area (Å²) in [7, 11) is 0. The van der Waals surface area contributed by atoms with Gasteiger partial charge in [-0.2, -0.15) is 0 Å². The van der Waals surface area contributed by atoms with Crippen LogP contribution in [0.1, 0.15) is 17.4 Å². The van der Waals surface area contributed by atoms with Crippen molar-refractivity contribution < 1.29 is 14.3 Å². The third-order valence-corrected chi connectivity index (χ3v) is 4.72. The molecule has 0 atom stereocenters. The average Bonchev–Trinajstić information content (AvgIpc) is 2.69. The van der Waals surface area contributed by atoms with E-state index in [2.05, 4.69) is 20.2 Å². The van der Waals surface area contributed by atoms with Gasteiger partial charge in [-0.05, 0) is 0 Å². The molecule has 0 saturated carbocycles. The normalized spacial score (nSPS) is 18.7. The highest BCUT2D eigenvalue weighted by Gasteiger charge is 2.24. The van der Waals surface area contributed by atoms with Crippen LogP contribution in [0.5, 0.6) is 0 Å². The molecule has 2 aliphatic rings. The Kier molecular flexibility index (Phi) is 6.35. The molecule has 2 amide bonds. The molecule has 3 heterocycles. The van der Waals surface area contributed by atoms with Crippen LogP contribution in [0.2, 0.25) is 0 Å². The van der Waals surface area contributed by atoms with Crippen LogP contribution in [0.25, 0.3) is 0 Å². The maximum atomic E-state index is 12.5. The number of anilines is 1. The van der Waals surface area contributed by atoms with Gasteiger partial charge < -0.3 is 19.9 Å². The predicted octanol–water partition coefficient (Wildman–Crippen LogP) is -0.475. The number of carbonyl (C=O) groups excluding carboxylic acids is 2. The van der Waals surface area contributed by atoms with E-state index < -0.39 is 0 Å². The molecule has 2 fully saturated rings. The first-order chi connectivity index (χ1) is 12.6. The van der Waals surface area contributed by atoms with Crippen molar-refractivity contribution in [3.8, 4) is 0 Å². The predicted molar refractivity (Wildman–Crippen MR) is 95.9 cm³/mol. The maximum Gasteiger partial charge on any atom is 0.274 e. The minimum atomic E-state index is -0.138. The summed E-state index contributed by atoms with van der Waals surface area (Å²) in [5.74, 6) is 0.571. The van der Waals surface area contributed by atoms with Crippen LogP contribution in [0.3, 0.4) is 0 Å². The van der Waals surface area contributed by atoms with Gasteiger partial charge in [-0.3, -0.25) is 14.5 Å². The van der Waals surface area contributed by atoms with Crippen LogP contribution >= 0.6 is 0 Å². The number of nitrogens with zero attached hydrogens (tertiary/aromatic N) is 5. The minimum absolute atomic E-state index is 0.0457. The molecule has 0 radical (unpaired) electrons. The van der Waals surface area contributed by atoms with Crippen LogP contribution in [-0.2, 0) is 9.53 Å². The summed E-state index contributed by atoms with van der Waals surface area (Å²) in [6.07, 6.45) is 3.11. The minimum Gasteiger partial charge on any atom is -0.379 e. The lowest BCUT2D eigenvalue weighted by atomic mass is 10.3. The average molecular weight is 362 g/mol. The zero-order valence-electron chi connectivity index (χ0n) is 15.2. The van der Waals surface area contributed by atoms with E-state index in [-0.39, 0.29) is 11.8 Å². The Labute approximate surface area is 153 Å². The highest BCUT2D eigenvalue weighted by molar-refractivity contribution is 5.92. The first kappa shape index (κ1) is 18.5. The fourth-order valence-electron chi connectivity index (χ4n) is 3.08. The standard InChI is InChI=1S/C17H26N6O3/c1-14(24)22-4-6-23(7-5-22)17(25)15-12-20-16(13-19-15)18-2-3-21-8-10-26-11-9-21/h12-13H,2-11H2,1H3,(H,18,20). The summed E-state index contributed by atoms with van der Waals surface area (Å²) in [6.45, 7) is 8.92. The second kappa shape index (κ2) is 8.91. The molecule has 0 unspecified atom stereocenters. The second-order valence-electron chi connectivity index (χ2n) is 6.47. The van der Waals surface area contributed by atoms with Crippen LogP contribution in [0.4, 0.5) is 5.82 Å². The van der Waals surface area contributed by atoms with Gasteiger partial charge in [0, 0.05) is 59.3 Å². The van der Waals surface area contributed by atoms with E-state index in [1.54, 1.807) is 22.9 Å². The number of ether oxygens (including phenoxy) is 1. The maximum absolute atomic E-state index is 12.5. The summed E-state index contributed by atoms with van der Waals surface area (Å²) < 4.78 is 5.33. The molecule has 0 aliphatic carbocycles. The lowest BCUT2D eigenvalue weighted by molar-refractivity contribution is -0.130. The van der Waals surface area contributed by atoms with Gasteiger partial charge in [0.1, 0.15) is 11.5 Å². The number of carbonyl (C=O) groups is 2. The zero-order valence-corrected chi connectivity index (χ0v) is 15.2. The van der Waals surface area contributed by atoms with E-state index in [0.29, 0.717) is 37.7 Å². The summed E-state index contributed by atoms with van der Waals surface area (Å²) in [5, 5.41) is 3.23. The van der Waals surface area contributed by atoms with E-state index in [9.17, 15) is 9.59 Å². The van der Waals surface area contributed by atoms with Crippen molar-refractivity contribution in [2.75, 3.05) is 70.9 Å². The molecule has 26 heavy (non-hydrogen) atoms. The van der Waals surface area contributed by atoms with Gasteiger partial charge in [0.2, 0.25) is 5.91 Å². The monoisotopic (exact) mass is 362 g/mol. The number of morpholine rings is 1. The highest BCUT2D eigenvalue weighted by atomic mass is 16.5. The number of aromatic nitrogens is 2. The van der Waals surface area contributed by atoms with E-state index in [1.807, 2.05) is 0 Å². The van der Waals surface area contributed by atoms with Crippen molar-refractivity contribution in [2.24, 2.45) is 0 Å². The lowest BCUT2D eigenvalue weighted by Gasteiger charge is -2.33. The molecule has 142 valence electrons. The number of nitrogens with one attached hydrogen (secondary N) is 1. The number of amides is 2. The van der Waals surface area contributed by atoms with Crippen molar-refractivity contribution in [3.05, 3.63) is 18.1 Å². The Morgan fingerprint density at radius 2 is 1.73 bits per heavy atom. The summed E-state index contributed by atoms with van der Waals surface area (Å²) >= 11 is 0. The second-order valence-corrected chi connectivity index (χ2v) is 6.47. The third kappa shape index (κ3) is 4.89. The fourth-order valence-corrected chi connectivity index (χ4v) is 3.08. The largest absolute Gasteiger partial charge is 0.379 e. The molecule has 0 spiro atoms. The van der Waals surface area contributed by atoms with Gasteiger partial charge >= 0.3 is 0 Å². The quantitative estimate of drug-likeness (QED) is 0.757. The number of hydrogen-bond acceptors (Lipinski definition) is 7. The van der Waals surface area contributed by atoms with Gasteiger partial charge in [-0.25, -0.2) is 9.97 Å². The first-order valence-corrected chi connectivity index (χ1v) is 9.04. The number of rotatable bonds is 5. The molecular formula is C17H26N6O3. The topological polar surface area (TPSA) is 90.9 Å². The molecule has 1 aromatic rings. The molecule has 3 rings (SSSR count). The molecule has 1 N–H and O–H groups in total. The Balaban J connectivity index is 1.44. The Morgan fingerprint density at radius 1 is 1.04 bits per heavy atom. The van der Waals surface area contributed by atoms with Crippen molar-refractivity contribution in [1.82, 2.24) is 24.7 Å². The van der Waals surface area contributed by atoms with Crippen LogP contribution in [0, 0.1) is 0 Å². The molecule has 2 aliphatic heterocycles. The SMILES string of the molecule is CC(=O)N1CCN(C(=O)c2cnc(NCCN3CCOCC3)cn2)CC1. The van der Waals surface area contributed by atoms with E-state index in [4.69, 9.17) is 4.74 Å². The Morgan fingerprint density at radius 3 is 2.35 bits per heavy atom. The van der Waals surface area contributed by atoms with Gasteiger partial charge in [0.05, 0.1) is 25.6 Å². The molecule has 2 saturated heterocycles. The van der Waals surface area contributed by atoms with Crippen LogP contribution < -0.4 is 5.32 Å². The summed E-state index contributed by atoms with van der Waals surface area (Å²) in [5.41, 5.74) is 0.333. The van der Waals surface area contributed by atoms with Crippen molar-refractivity contribution in [3.63, 3.8) is 0 Å². The lowest BCUT2D eigenvalue weighted by Crippen LogP contribution is -2.50. The molecule has 0 aromatic carbocycles. The first-order valence-electron chi connectivity index (χ1n) is 9.04. The van der Waals surface area contributed by atoms with Crippen LogP contribution in [-0.4, -0.2) is 102 Å². The van der Waals surface area contributed by atoms with Gasteiger partial charge in [-0.15, -0.1) is 0 Å². The van der Waals surface area contributed by atoms with Crippen molar-refractivity contribution >= 4 is 17.6 Å². The Hall–Kier alpha value is -2.26. The molecule has 0 bridgehead atoms. The summed E-state index contributed by atoms with van der Waals surface area (Å²) in [6, 6.07) is 0. The molecule has 1 aromatic heterocycles. The van der Waals surface area contributed by atoms with Gasteiger partial charge in [0.15, 0.2) is 0 Å². The molecule has 9 nitrogen and oxygen atoms in total. The van der Waals surface area contributed by atoms with Crippen LogP contribution in [0.15, 0.2) is 12.4 Å². The van der Waals surface area contributed by atoms with Crippen molar-refractivity contribution in [1.29, 1.82) is 0 Å². The number of piperazine rings is 1. The van der Waals surface area contributed by atoms with E-state index >= 15 is 0 Å². The van der Waals surface area contributed by atoms with E-state index in [0.717, 1.165) is 39.4 Å². The molecule has 9 heteroatoms. The highest BCUT2D eigenvalue weighted by Crippen LogP contribution is 2.08. The molecular weight excluding hydrogens is 336 g/mol. The van der Waals surface area contributed by atoms with Gasteiger partial charge in [0.25, 0.3) is 5.91 Å². The zero-order chi connectivity index (χ0) is 18.4. The third-order valence-electron chi connectivity index (χ3n) is 4.72. The fraction of sp³-hybridized carbons (Fsp3) is 0.647. The van der Waals surface area contributed by atoms with Gasteiger partial charge in [-0.1, -0.05) is 0 Å². The smallest absolute Gasteiger partial charge is 0.274 e. The summed E-state index contributed by atoms with van der Waals surface area (Å²) in [4.78, 5) is 38.2. The Bertz CT molecular complexity index is 609. The van der Waals surface area contributed by atoms with E-state index in [1.165, 1.54) is 6.20 Å². The van der Waals surface area contributed by atoms with Crippen molar-refractivity contribution in [2.45, 2.75) is 6.92 Å².